The second-order valence-electron chi connectivity index (χ2n) is 0.649. The average molecular weight is 158 g/mol. The Balaban J connectivity index is 3.38. The molecule has 2 unspecified atom stereocenters. The lowest BCUT2D eigenvalue weighted by Gasteiger charge is -1.74. The molecule has 0 aromatic carbocycles. The van der Waals surface area contributed by atoms with E-state index in [0.29, 0.717) is 0 Å². The van der Waals surface area contributed by atoms with Gasteiger partial charge in [0.2, 0.25) is 0 Å². The topological polar surface area (TPSA) is 30.8 Å². The summed E-state index contributed by atoms with van der Waals surface area (Å²) < 4.78 is 12.9. The summed E-state index contributed by atoms with van der Waals surface area (Å²) in [5.74, 6) is 0. The predicted octanol–water partition coefficient (Wildman–Crippen LogP) is 1.73. The van der Waals surface area contributed by atoms with Crippen LogP contribution in [0.3, 0.4) is 0 Å². The smallest absolute Gasteiger partial charge is 0.121 e. The highest BCUT2D eigenvalue weighted by Gasteiger charge is 2.07. The van der Waals surface area contributed by atoms with Gasteiger partial charge in [0.25, 0.3) is 0 Å². The van der Waals surface area contributed by atoms with Crippen molar-refractivity contribution in [1.29, 1.82) is 0 Å². The van der Waals surface area contributed by atoms with E-state index < -0.39 is 8.17 Å². The quantitative estimate of drug-likeness (QED) is 0.572. The van der Waals surface area contributed by atoms with Gasteiger partial charge in [-0.15, -0.1) is 8.62 Å². The van der Waals surface area contributed by atoms with Crippen molar-refractivity contribution in [2.45, 2.75) is 0 Å². The standard InChI is InChI=1S/CH7NO2P3/c1-2-7(3-5)4-6/h5-6H2,1H3/q+1. The lowest BCUT2D eigenvalue weighted by Crippen LogP contribution is -1.54. The van der Waals surface area contributed by atoms with Gasteiger partial charge in [-0.2, -0.15) is 0 Å². The fourth-order valence-electron chi connectivity index (χ4n) is 0.119. The lowest BCUT2D eigenvalue weighted by atomic mass is 11.6. The van der Waals surface area contributed by atoms with E-state index in [2.05, 4.69) is 32.3 Å². The third kappa shape index (κ3) is 3.46. The van der Waals surface area contributed by atoms with Gasteiger partial charge in [0.1, 0.15) is 0 Å². The van der Waals surface area contributed by atoms with Crippen molar-refractivity contribution in [3.8, 4) is 0 Å². The molecular formula is CH7NO2P3+. The van der Waals surface area contributed by atoms with E-state index in [1.54, 1.807) is 7.05 Å². The molecule has 0 radical (unpaired) electrons. The van der Waals surface area contributed by atoms with Crippen LogP contribution < -0.4 is 0 Å². The monoisotopic (exact) mass is 158 g/mol. The maximum absolute atomic E-state index is 4.62. The van der Waals surface area contributed by atoms with Crippen molar-refractivity contribution in [3.63, 3.8) is 0 Å². The molecule has 0 bridgehead atoms. The summed E-state index contributed by atoms with van der Waals surface area (Å²) in [6.07, 6.45) is 0. The molecule has 0 aromatic rings. The highest BCUT2D eigenvalue weighted by atomic mass is 31.2. The minimum absolute atomic E-state index is 1.00. The molecule has 0 amide bonds. The first-order valence-corrected chi connectivity index (χ1v) is 3.56. The molecule has 0 saturated carbocycles. The Morgan fingerprint density at radius 1 is 1.43 bits per heavy atom. The molecule has 6 heteroatoms. The fraction of sp³-hybridized carbons (Fsp3) is 1.00. The Hall–Kier alpha value is 0.880. The van der Waals surface area contributed by atoms with Crippen LogP contribution >= 0.6 is 27.1 Å². The highest BCUT2D eigenvalue weighted by Crippen LogP contribution is 2.32. The third-order valence-electron chi connectivity index (χ3n) is 0.344. The minimum atomic E-state index is -1.00. The summed E-state index contributed by atoms with van der Waals surface area (Å²) in [5, 5.41) is 0. The molecule has 0 aliphatic heterocycles. The van der Waals surface area contributed by atoms with Crippen molar-refractivity contribution in [1.82, 2.24) is 0 Å². The first kappa shape index (κ1) is 7.88. The molecule has 42 valence electrons. The van der Waals surface area contributed by atoms with Crippen molar-refractivity contribution in [3.05, 3.63) is 0 Å². The van der Waals surface area contributed by atoms with Crippen molar-refractivity contribution in [2.24, 2.45) is 4.74 Å². The third-order valence-corrected chi connectivity index (χ3v) is 2.11. The Bertz CT molecular complexity index is 67.3. The van der Waals surface area contributed by atoms with Crippen LogP contribution in [0.4, 0.5) is 0 Å². The zero-order valence-corrected chi connectivity index (χ0v) is 7.07. The molecule has 3 nitrogen and oxygen atoms in total. The molecule has 2 atom stereocenters. The van der Waals surface area contributed by atoms with Gasteiger partial charge in [-0.05, 0) is 0 Å². The van der Waals surface area contributed by atoms with Crippen LogP contribution in [0.5, 0.6) is 0 Å². The normalized spacial score (nSPS) is 8.43. The van der Waals surface area contributed by atoms with Gasteiger partial charge < -0.3 is 0 Å². The summed E-state index contributed by atoms with van der Waals surface area (Å²) in [4.78, 5) is 0. The largest absolute Gasteiger partial charge is 0.564 e. The van der Waals surface area contributed by atoms with Crippen LogP contribution in [0, 0.1) is 0 Å². The van der Waals surface area contributed by atoms with Crippen LogP contribution in [0.15, 0.2) is 4.74 Å². The Labute approximate surface area is 48.4 Å². The summed E-state index contributed by atoms with van der Waals surface area (Å²) >= 11 is 0. The van der Waals surface area contributed by atoms with E-state index in [1.807, 2.05) is 0 Å². The Kier molecular flexibility index (Phi) is 5.66. The van der Waals surface area contributed by atoms with Gasteiger partial charge in [-0.25, -0.2) is 0 Å². The summed E-state index contributed by atoms with van der Waals surface area (Å²) in [6, 6.07) is 0. The first-order valence-electron chi connectivity index (χ1n) is 1.48. The van der Waals surface area contributed by atoms with E-state index in [-0.39, 0.29) is 0 Å². The van der Waals surface area contributed by atoms with E-state index >= 15 is 0 Å². The molecule has 0 aliphatic carbocycles. The molecule has 0 saturated heterocycles. The number of nitrogens with zero attached hydrogens (tertiary/aromatic N) is 1. The van der Waals surface area contributed by atoms with Crippen LogP contribution in [-0.4, -0.2) is 7.05 Å². The van der Waals surface area contributed by atoms with Crippen molar-refractivity contribution < 1.29 is 8.62 Å². The maximum Gasteiger partial charge on any atom is 0.564 e. The second-order valence-corrected chi connectivity index (χ2v) is 3.21. The van der Waals surface area contributed by atoms with Crippen LogP contribution in [-0.2, 0) is 8.62 Å². The molecule has 7 heavy (non-hydrogen) atoms. The fourth-order valence-corrected chi connectivity index (χ4v) is 1.52. The molecule has 0 rings (SSSR count). The molecular weight excluding hydrogens is 151 g/mol. The van der Waals surface area contributed by atoms with Gasteiger partial charge in [-0.3, -0.25) is 0 Å². The molecule has 0 aromatic heterocycles. The lowest BCUT2D eigenvalue weighted by molar-refractivity contribution is 0.593. The zero-order valence-electron chi connectivity index (χ0n) is 3.87. The number of hydrogen-bond donors (Lipinski definition) is 0. The van der Waals surface area contributed by atoms with E-state index in [4.69, 9.17) is 0 Å². The van der Waals surface area contributed by atoms with Crippen LogP contribution in [0.2, 0.25) is 0 Å². The second kappa shape index (κ2) is 5.03. The predicted molar refractivity (Wildman–Crippen MR) is 36.9 cm³/mol. The van der Waals surface area contributed by atoms with E-state index in [1.165, 1.54) is 0 Å². The summed E-state index contributed by atoms with van der Waals surface area (Å²) in [5.41, 5.74) is 0. The van der Waals surface area contributed by atoms with Crippen molar-refractivity contribution in [2.75, 3.05) is 7.05 Å². The van der Waals surface area contributed by atoms with Gasteiger partial charge in [-0.1, -0.05) is 4.74 Å². The average Bonchev–Trinajstić information content (AvgIpc) is 1.72. The molecule has 0 aliphatic rings. The van der Waals surface area contributed by atoms with Crippen LogP contribution in [0.1, 0.15) is 0 Å². The zero-order chi connectivity index (χ0) is 5.70. The van der Waals surface area contributed by atoms with Gasteiger partial charge in [0.15, 0.2) is 0 Å². The molecule has 0 spiro atoms. The molecule has 0 heterocycles. The summed E-state index contributed by atoms with van der Waals surface area (Å²) in [6.45, 7) is 0. The maximum atomic E-state index is 4.62. The summed E-state index contributed by atoms with van der Waals surface area (Å²) in [7, 11) is 4.80. The van der Waals surface area contributed by atoms with E-state index in [9.17, 15) is 0 Å². The Morgan fingerprint density at radius 2 is 1.86 bits per heavy atom. The van der Waals surface area contributed by atoms with Gasteiger partial charge in [0.05, 0.1) is 26.0 Å². The number of hydrogen-bond acceptors (Lipinski definition) is 3. The SMILES string of the molecule is CN=[P+](OP)OP. The molecule has 0 N–H and O–H groups in total. The first-order chi connectivity index (χ1) is 3.35. The van der Waals surface area contributed by atoms with E-state index in [0.717, 1.165) is 0 Å². The Morgan fingerprint density at radius 3 is 1.86 bits per heavy atom. The van der Waals surface area contributed by atoms with Gasteiger partial charge in [0, 0.05) is 0 Å². The van der Waals surface area contributed by atoms with Crippen molar-refractivity contribution >= 4 is 27.1 Å². The highest BCUT2D eigenvalue weighted by molar-refractivity contribution is 7.47. The molecule has 0 fully saturated rings. The number of rotatable bonds is 2. The minimum Gasteiger partial charge on any atom is -0.121 e. The van der Waals surface area contributed by atoms with Crippen LogP contribution in [0.25, 0.3) is 0 Å². The van der Waals surface area contributed by atoms with Gasteiger partial charge >= 0.3 is 8.17 Å².